The van der Waals surface area contributed by atoms with E-state index in [0.29, 0.717) is 6.07 Å². The Morgan fingerprint density at radius 1 is 1.06 bits per heavy atom. The number of halogens is 4. The molecule has 2 aromatic rings. The Morgan fingerprint density at radius 3 is 2.47 bits per heavy atom. The summed E-state index contributed by atoms with van der Waals surface area (Å²) >= 11 is 5.75. The molecule has 0 bridgehead atoms. The van der Waals surface area contributed by atoms with Gasteiger partial charge in [0.15, 0.2) is 11.6 Å². The predicted molar refractivity (Wildman–Crippen MR) is 55.6 cm³/mol. The molecule has 0 aliphatic rings. The van der Waals surface area contributed by atoms with E-state index in [2.05, 4.69) is 4.98 Å². The van der Waals surface area contributed by atoms with E-state index in [1.165, 1.54) is 12.1 Å². The minimum atomic E-state index is -1.44. The molecule has 0 atom stereocenters. The van der Waals surface area contributed by atoms with Crippen LogP contribution in [-0.2, 0) is 0 Å². The zero-order valence-corrected chi connectivity index (χ0v) is 9.01. The quantitative estimate of drug-likeness (QED) is 0.762. The van der Waals surface area contributed by atoms with Gasteiger partial charge in [-0.05, 0) is 12.1 Å². The molecule has 0 saturated heterocycles. The fraction of sp³-hybridized carbons (Fsp3) is 0. The molecule has 2 rings (SSSR count). The number of hydrogen-bond donors (Lipinski definition) is 0. The van der Waals surface area contributed by atoms with Crippen LogP contribution in [0.2, 0.25) is 5.02 Å². The standard InChI is InChI=1S/C11H5ClF3NO/c12-6-3-1-2-4-9(6)17-11-8(14)5-7(13)10(15)16-11/h1-5H. The van der Waals surface area contributed by atoms with Gasteiger partial charge in [-0.1, -0.05) is 23.7 Å². The molecule has 0 radical (unpaired) electrons. The van der Waals surface area contributed by atoms with Crippen LogP contribution in [0.15, 0.2) is 30.3 Å². The van der Waals surface area contributed by atoms with Crippen molar-refractivity contribution in [3.63, 3.8) is 0 Å². The van der Waals surface area contributed by atoms with Crippen LogP contribution in [-0.4, -0.2) is 4.98 Å². The van der Waals surface area contributed by atoms with Crippen LogP contribution in [0.5, 0.6) is 11.6 Å². The lowest BCUT2D eigenvalue weighted by atomic mass is 10.3. The molecule has 17 heavy (non-hydrogen) atoms. The number of hydrogen-bond acceptors (Lipinski definition) is 2. The number of para-hydroxylation sites is 1. The fourth-order valence-corrected chi connectivity index (χ4v) is 1.31. The van der Waals surface area contributed by atoms with Gasteiger partial charge in [-0.15, -0.1) is 0 Å². The molecule has 88 valence electrons. The average molecular weight is 260 g/mol. The van der Waals surface area contributed by atoms with Gasteiger partial charge < -0.3 is 4.74 Å². The molecule has 0 aliphatic heterocycles. The van der Waals surface area contributed by atoms with Crippen molar-refractivity contribution >= 4 is 11.6 Å². The Bertz CT molecular complexity index is 562. The van der Waals surface area contributed by atoms with E-state index in [0.717, 1.165) is 0 Å². The highest BCUT2D eigenvalue weighted by Crippen LogP contribution is 2.29. The largest absolute Gasteiger partial charge is 0.435 e. The summed E-state index contributed by atoms with van der Waals surface area (Å²) in [5, 5.41) is 0.207. The molecule has 0 unspecified atom stereocenters. The molecular formula is C11H5ClF3NO. The molecule has 0 amide bonds. The van der Waals surface area contributed by atoms with Crippen molar-refractivity contribution in [3.8, 4) is 11.6 Å². The maximum Gasteiger partial charge on any atom is 0.258 e. The number of aromatic nitrogens is 1. The zero-order chi connectivity index (χ0) is 12.4. The second-order valence-corrected chi connectivity index (χ2v) is 3.49. The predicted octanol–water partition coefficient (Wildman–Crippen LogP) is 3.94. The van der Waals surface area contributed by atoms with Gasteiger partial charge in [0.05, 0.1) is 5.02 Å². The number of nitrogens with zero attached hydrogens (tertiary/aromatic N) is 1. The van der Waals surface area contributed by atoms with Crippen LogP contribution >= 0.6 is 11.6 Å². The van der Waals surface area contributed by atoms with Crippen molar-refractivity contribution in [2.75, 3.05) is 0 Å². The first-order chi connectivity index (χ1) is 8.08. The number of rotatable bonds is 2. The number of benzene rings is 1. The van der Waals surface area contributed by atoms with E-state index >= 15 is 0 Å². The summed E-state index contributed by atoms with van der Waals surface area (Å²) in [6.07, 6.45) is 0. The Labute approximate surface area is 99.6 Å². The van der Waals surface area contributed by atoms with E-state index in [4.69, 9.17) is 16.3 Å². The van der Waals surface area contributed by atoms with Crippen molar-refractivity contribution < 1.29 is 17.9 Å². The second kappa shape index (κ2) is 4.63. The van der Waals surface area contributed by atoms with Gasteiger partial charge in [0.25, 0.3) is 11.8 Å². The van der Waals surface area contributed by atoms with E-state index < -0.39 is 23.5 Å². The van der Waals surface area contributed by atoms with Gasteiger partial charge in [-0.2, -0.15) is 9.37 Å². The minimum Gasteiger partial charge on any atom is -0.435 e. The lowest BCUT2D eigenvalue weighted by Crippen LogP contribution is -1.98. The Hall–Kier alpha value is -1.75. The smallest absolute Gasteiger partial charge is 0.258 e. The molecule has 2 nitrogen and oxygen atoms in total. The molecule has 0 saturated carbocycles. The molecule has 0 aliphatic carbocycles. The fourth-order valence-electron chi connectivity index (χ4n) is 1.13. The summed E-state index contributed by atoms with van der Waals surface area (Å²) in [5.41, 5.74) is 0. The van der Waals surface area contributed by atoms with Gasteiger partial charge in [-0.25, -0.2) is 8.78 Å². The third kappa shape index (κ3) is 2.50. The summed E-state index contributed by atoms with van der Waals surface area (Å²) < 4.78 is 43.6. The molecule has 1 heterocycles. The third-order valence-electron chi connectivity index (χ3n) is 1.90. The van der Waals surface area contributed by atoms with Gasteiger partial charge in [-0.3, -0.25) is 0 Å². The van der Waals surface area contributed by atoms with Crippen LogP contribution in [0.4, 0.5) is 13.2 Å². The lowest BCUT2D eigenvalue weighted by Gasteiger charge is -2.07. The van der Waals surface area contributed by atoms with Gasteiger partial charge >= 0.3 is 0 Å². The third-order valence-corrected chi connectivity index (χ3v) is 2.21. The molecule has 0 fully saturated rings. The van der Waals surface area contributed by atoms with Crippen molar-refractivity contribution in [2.45, 2.75) is 0 Å². The molecule has 0 spiro atoms. The first-order valence-electron chi connectivity index (χ1n) is 4.52. The lowest BCUT2D eigenvalue weighted by molar-refractivity contribution is 0.387. The van der Waals surface area contributed by atoms with Crippen molar-refractivity contribution in [2.24, 2.45) is 0 Å². The van der Waals surface area contributed by atoms with Crippen molar-refractivity contribution in [3.05, 3.63) is 52.9 Å². The van der Waals surface area contributed by atoms with E-state index in [9.17, 15) is 13.2 Å². The summed E-state index contributed by atoms with van der Waals surface area (Å²) in [6.45, 7) is 0. The summed E-state index contributed by atoms with van der Waals surface area (Å²) in [6, 6.07) is 6.55. The minimum absolute atomic E-state index is 0.103. The van der Waals surface area contributed by atoms with Gasteiger partial charge in [0.2, 0.25) is 0 Å². The molecule has 0 N–H and O–H groups in total. The molecular weight excluding hydrogens is 255 g/mol. The maximum atomic E-state index is 13.2. The Morgan fingerprint density at radius 2 is 1.76 bits per heavy atom. The highest BCUT2D eigenvalue weighted by atomic mass is 35.5. The molecule has 1 aromatic heterocycles. The summed E-state index contributed by atoms with van der Waals surface area (Å²) in [4.78, 5) is 3.01. The van der Waals surface area contributed by atoms with Crippen LogP contribution in [0, 0.1) is 17.6 Å². The summed E-state index contributed by atoms with van der Waals surface area (Å²) in [5.74, 6) is -4.49. The van der Waals surface area contributed by atoms with Crippen molar-refractivity contribution in [1.29, 1.82) is 0 Å². The average Bonchev–Trinajstić information content (AvgIpc) is 2.29. The highest BCUT2D eigenvalue weighted by molar-refractivity contribution is 6.32. The van der Waals surface area contributed by atoms with E-state index in [1.54, 1.807) is 12.1 Å². The van der Waals surface area contributed by atoms with Gasteiger partial charge in [0, 0.05) is 6.07 Å². The number of pyridine rings is 1. The van der Waals surface area contributed by atoms with Gasteiger partial charge in [0.1, 0.15) is 5.75 Å². The van der Waals surface area contributed by atoms with Crippen LogP contribution in [0.3, 0.4) is 0 Å². The second-order valence-electron chi connectivity index (χ2n) is 3.08. The van der Waals surface area contributed by atoms with Crippen LogP contribution in [0.25, 0.3) is 0 Å². The van der Waals surface area contributed by atoms with E-state index in [-0.39, 0.29) is 10.8 Å². The summed E-state index contributed by atoms with van der Waals surface area (Å²) in [7, 11) is 0. The SMILES string of the molecule is Fc1cc(F)c(Oc2ccccc2Cl)nc1F. The van der Waals surface area contributed by atoms with Crippen LogP contribution < -0.4 is 4.74 Å². The Balaban J connectivity index is 2.37. The maximum absolute atomic E-state index is 13.2. The van der Waals surface area contributed by atoms with E-state index in [1.807, 2.05) is 0 Å². The molecule has 1 aromatic carbocycles. The van der Waals surface area contributed by atoms with Crippen LogP contribution in [0.1, 0.15) is 0 Å². The highest BCUT2D eigenvalue weighted by Gasteiger charge is 2.14. The van der Waals surface area contributed by atoms with Crippen molar-refractivity contribution in [1.82, 2.24) is 4.98 Å². The normalized spacial score (nSPS) is 10.4. The topological polar surface area (TPSA) is 22.1 Å². The Kier molecular flexibility index (Phi) is 3.19. The first-order valence-corrected chi connectivity index (χ1v) is 4.89. The number of ether oxygens (including phenoxy) is 1. The molecule has 6 heteroatoms. The monoisotopic (exact) mass is 259 g/mol. The zero-order valence-electron chi connectivity index (χ0n) is 8.25. The first kappa shape index (κ1) is 11.7.